The maximum atomic E-state index is 10.1. The van der Waals surface area contributed by atoms with E-state index >= 15 is 0 Å². The third kappa shape index (κ3) is 4.02. The van der Waals surface area contributed by atoms with Crippen molar-refractivity contribution in [2.75, 3.05) is 0 Å². The second-order valence-corrected chi connectivity index (χ2v) is 7.92. The van der Waals surface area contributed by atoms with Crippen molar-refractivity contribution in [1.29, 1.82) is 0 Å². The van der Waals surface area contributed by atoms with Crippen molar-refractivity contribution >= 4 is 23.2 Å². The van der Waals surface area contributed by atoms with E-state index in [2.05, 4.69) is 25.8 Å². The number of hydrogen-bond acceptors (Lipinski definition) is 5. The van der Waals surface area contributed by atoms with Gasteiger partial charge < -0.3 is 14.8 Å². The molecule has 0 unspecified atom stereocenters. The fourth-order valence-electron chi connectivity index (χ4n) is 1.23. The Morgan fingerprint density at radius 3 is 2.05 bits per heavy atom. The minimum absolute atomic E-state index is 0.0472. The van der Waals surface area contributed by atoms with E-state index in [1.165, 1.54) is 11.3 Å². The van der Waals surface area contributed by atoms with Crippen LogP contribution in [-0.4, -0.2) is 33.4 Å². The van der Waals surface area contributed by atoms with Crippen molar-refractivity contribution in [2.24, 2.45) is 0 Å². The average molecular weight is 285 g/mol. The van der Waals surface area contributed by atoms with Crippen LogP contribution in [-0.2, 0) is 10.1 Å². The van der Waals surface area contributed by atoms with Crippen LogP contribution in [0.4, 0.5) is 0 Å². The zero-order chi connectivity index (χ0) is 15.1. The van der Waals surface area contributed by atoms with Gasteiger partial charge in [-0.3, -0.25) is 0 Å². The summed E-state index contributed by atoms with van der Waals surface area (Å²) < 4.78 is 6.25. The van der Waals surface area contributed by atoms with Crippen molar-refractivity contribution in [3.05, 3.63) is 11.2 Å². The first-order valence-electron chi connectivity index (χ1n) is 6.39. The molecule has 0 spiro atoms. The van der Waals surface area contributed by atoms with E-state index in [9.17, 15) is 10.1 Å². The summed E-state index contributed by atoms with van der Waals surface area (Å²) in [6.07, 6.45) is 1.64. The third-order valence-electron chi connectivity index (χ3n) is 3.29. The molecule has 4 nitrogen and oxygen atoms in total. The van der Waals surface area contributed by atoms with Crippen molar-refractivity contribution in [1.82, 2.24) is 4.98 Å². The summed E-state index contributed by atoms with van der Waals surface area (Å²) in [5.41, 5.74) is -1.96. The molecule has 1 aromatic heterocycles. The highest BCUT2D eigenvalue weighted by Crippen LogP contribution is 2.27. The molecule has 19 heavy (non-hydrogen) atoms. The Morgan fingerprint density at radius 1 is 1.16 bits per heavy atom. The Kier molecular flexibility index (Phi) is 4.52. The van der Waals surface area contributed by atoms with E-state index in [1.807, 2.05) is 0 Å². The van der Waals surface area contributed by atoms with Crippen LogP contribution in [0.3, 0.4) is 0 Å². The van der Waals surface area contributed by atoms with Crippen LogP contribution in [0.15, 0.2) is 6.20 Å². The van der Waals surface area contributed by atoms with Gasteiger partial charge in [-0.2, -0.15) is 0 Å². The van der Waals surface area contributed by atoms with Gasteiger partial charge in [-0.15, -0.1) is 11.3 Å². The second kappa shape index (κ2) is 5.16. The molecule has 1 aromatic rings. The molecule has 0 saturated carbocycles. The monoisotopic (exact) mass is 285 g/mol. The molecular formula is C13H24BNO3S. The standard InChI is InChI=1S/C13H24BNO3S/c1-11(2,3)10-15-8-9(19-10)14(17)18-13(6,7)12(4,5)16/h8,16-17H,1-7H3. The molecule has 0 fully saturated rings. The molecule has 6 heteroatoms. The van der Waals surface area contributed by atoms with E-state index < -0.39 is 18.3 Å². The van der Waals surface area contributed by atoms with E-state index in [0.29, 0.717) is 4.78 Å². The fraction of sp³-hybridized carbons (Fsp3) is 0.769. The quantitative estimate of drug-likeness (QED) is 0.826. The van der Waals surface area contributed by atoms with Gasteiger partial charge in [-0.05, 0) is 27.7 Å². The summed E-state index contributed by atoms with van der Waals surface area (Å²) in [5.74, 6) is 0. The van der Waals surface area contributed by atoms with E-state index in [1.54, 1.807) is 33.9 Å². The molecule has 2 N–H and O–H groups in total. The molecule has 0 amide bonds. The normalized spacial score (nSPS) is 13.7. The molecule has 0 atom stereocenters. The first-order chi connectivity index (χ1) is 8.34. The molecule has 1 rings (SSSR count). The van der Waals surface area contributed by atoms with E-state index in [4.69, 9.17) is 4.65 Å². The van der Waals surface area contributed by atoms with Crippen LogP contribution in [0, 0.1) is 0 Å². The third-order valence-corrected chi connectivity index (χ3v) is 4.74. The number of rotatable bonds is 4. The Morgan fingerprint density at radius 2 is 1.68 bits per heavy atom. The van der Waals surface area contributed by atoms with Gasteiger partial charge >= 0.3 is 7.12 Å². The van der Waals surface area contributed by atoms with Gasteiger partial charge in [0.2, 0.25) is 0 Å². The predicted octanol–water partition coefficient (Wildman–Crippen LogP) is 1.69. The molecule has 0 radical (unpaired) electrons. The van der Waals surface area contributed by atoms with Crippen molar-refractivity contribution < 1.29 is 14.8 Å². The summed E-state index contributed by atoms with van der Waals surface area (Å²) in [4.78, 5) is 4.32. The highest BCUT2D eigenvalue weighted by Gasteiger charge is 2.40. The summed E-state index contributed by atoms with van der Waals surface area (Å²) in [5, 5.41) is 21.1. The molecule has 0 aliphatic rings. The number of aromatic nitrogens is 1. The molecular weight excluding hydrogens is 261 g/mol. The van der Waals surface area contributed by atoms with Gasteiger partial charge in [0.25, 0.3) is 0 Å². The van der Waals surface area contributed by atoms with Gasteiger partial charge in [0.05, 0.1) is 21.0 Å². The minimum Gasteiger partial charge on any atom is -0.422 e. The van der Waals surface area contributed by atoms with Crippen LogP contribution in [0.25, 0.3) is 0 Å². The lowest BCUT2D eigenvalue weighted by Gasteiger charge is -2.38. The number of aliphatic hydroxyl groups is 1. The van der Waals surface area contributed by atoms with E-state index in [-0.39, 0.29) is 5.41 Å². The largest absolute Gasteiger partial charge is 0.503 e. The van der Waals surface area contributed by atoms with Gasteiger partial charge in [-0.1, -0.05) is 20.8 Å². The van der Waals surface area contributed by atoms with Crippen molar-refractivity contribution in [3.63, 3.8) is 0 Å². The van der Waals surface area contributed by atoms with Crippen LogP contribution < -0.4 is 4.78 Å². The molecule has 0 bridgehead atoms. The maximum Gasteiger partial charge on any atom is 0.503 e. The summed E-state index contributed by atoms with van der Waals surface area (Å²) in [6.45, 7) is 13.0. The predicted molar refractivity (Wildman–Crippen MR) is 79.9 cm³/mol. The van der Waals surface area contributed by atoms with Gasteiger partial charge in [0.1, 0.15) is 0 Å². The first kappa shape index (κ1) is 16.6. The van der Waals surface area contributed by atoms with Gasteiger partial charge in [-0.25, -0.2) is 4.98 Å². The van der Waals surface area contributed by atoms with Crippen LogP contribution in [0.1, 0.15) is 53.5 Å². The second-order valence-electron chi connectivity index (χ2n) is 6.86. The van der Waals surface area contributed by atoms with Crippen LogP contribution in [0.2, 0.25) is 0 Å². The zero-order valence-corrected chi connectivity index (χ0v) is 13.6. The summed E-state index contributed by atoms with van der Waals surface area (Å²) in [7, 11) is -1.07. The highest BCUT2D eigenvalue weighted by molar-refractivity contribution is 7.22. The zero-order valence-electron chi connectivity index (χ0n) is 12.8. The molecule has 0 saturated heterocycles. The molecule has 0 aliphatic carbocycles. The highest BCUT2D eigenvalue weighted by atomic mass is 32.1. The van der Waals surface area contributed by atoms with Crippen LogP contribution in [0.5, 0.6) is 0 Å². The molecule has 0 aliphatic heterocycles. The summed E-state index contributed by atoms with van der Waals surface area (Å²) >= 11 is 1.43. The van der Waals surface area contributed by atoms with Gasteiger partial charge in [0, 0.05) is 11.6 Å². The Hall–Kier alpha value is -0.425. The number of thiazole rings is 1. The molecule has 1 heterocycles. The topological polar surface area (TPSA) is 62.6 Å². The van der Waals surface area contributed by atoms with E-state index in [0.717, 1.165) is 5.01 Å². The molecule has 108 valence electrons. The molecule has 0 aromatic carbocycles. The van der Waals surface area contributed by atoms with Crippen molar-refractivity contribution in [2.45, 2.75) is 65.1 Å². The van der Waals surface area contributed by atoms with Gasteiger partial charge in [0.15, 0.2) is 0 Å². The average Bonchev–Trinajstić information content (AvgIpc) is 2.62. The van der Waals surface area contributed by atoms with Crippen molar-refractivity contribution in [3.8, 4) is 0 Å². The Balaban J connectivity index is 2.85. The number of nitrogens with zero attached hydrogens (tertiary/aromatic N) is 1. The lowest BCUT2D eigenvalue weighted by Crippen LogP contribution is -2.52. The fourth-order valence-corrected chi connectivity index (χ4v) is 2.12. The minimum atomic E-state index is -1.07. The smallest absolute Gasteiger partial charge is 0.422 e. The summed E-state index contributed by atoms with van der Waals surface area (Å²) in [6, 6.07) is 0. The maximum absolute atomic E-state index is 10.1. The Bertz CT molecular complexity index is 432. The first-order valence-corrected chi connectivity index (χ1v) is 7.21. The lowest BCUT2D eigenvalue weighted by molar-refractivity contribution is -0.0981. The van der Waals surface area contributed by atoms with Crippen LogP contribution >= 0.6 is 11.3 Å². The Labute approximate surface area is 120 Å². The number of hydrogen-bond donors (Lipinski definition) is 2. The SMILES string of the molecule is CC(C)(C)c1ncc(B(O)OC(C)(C)C(C)(C)O)s1. The lowest BCUT2D eigenvalue weighted by atomic mass is 9.82.